The molecule has 1 fully saturated rings. The number of carbonyl (C=O) groups is 3. The average Bonchev–Trinajstić information content (AvgIpc) is 2.87. The van der Waals surface area contributed by atoms with E-state index in [-0.39, 0.29) is 47.2 Å². The quantitative estimate of drug-likeness (QED) is 0.537. The van der Waals surface area contributed by atoms with E-state index in [1.807, 2.05) is 36.4 Å². The van der Waals surface area contributed by atoms with Gasteiger partial charge in [0, 0.05) is 42.5 Å². The summed E-state index contributed by atoms with van der Waals surface area (Å²) in [5, 5.41) is 5.68. The molecule has 1 saturated heterocycles. The SMILES string of the molecule is CC(=O)c1ccc(NC(=O)N2C[C@@H]3C[C@H](C2)c2ccc(NC(=O)Cc4ccccc4)c(=O)n2C3)cc1. The molecule has 8 heteroatoms. The molecule has 5 rings (SSSR count). The summed E-state index contributed by atoms with van der Waals surface area (Å²) in [7, 11) is 0. The molecule has 2 bridgehead atoms. The molecule has 2 aliphatic heterocycles. The van der Waals surface area contributed by atoms with E-state index in [9.17, 15) is 19.2 Å². The number of ketones is 1. The molecular formula is C28H28N4O4. The number of amides is 3. The Morgan fingerprint density at radius 3 is 2.36 bits per heavy atom. The number of hydrogen-bond acceptors (Lipinski definition) is 4. The van der Waals surface area contributed by atoms with Gasteiger partial charge in [0.05, 0.1) is 6.42 Å². The van der Waals surface area contributed by atoms with Crippen LogP contribution in [0.4, 0.5) is 16.2 Å². The fraction of sp³-hybridized carbons (Fsp3) is 0.286. The van der Waals surface area contributed by atoms with Crippen LogP contribution in [-0.2, 0) is 17.8 Å². The van der Waals surface area contributed by atoms with E-state index in [4.69, 9.17) is 0 Å². The van der Waals surface area contributed by atoms with Crippen molar-refractivity contribution in [2.45, 2.75) is 32.2 Å². The molecular weight excluding hydrogens is 456 g/mol. The van der Waals surface area contributed by atoms with Gasteiger partial charge >= 0.3 is 6.03 Å². The van der Waals surface area contributed by atoms with Crippen LogP contribution in [0.2, 0.25) is 0 Å². The van der Waals surface area contributed by atoms with Crippen LogP contribution in [0.15, 0.2) is 71.5 Å². The number of aromatic nitrogens is 1. The minimum atomic E-state index is -0.228. The van der Waals surface area contributed by atoms with Crippen molar-refractivity contribution in [1.29, 1.82) is 0 Å². The number of likely N-dealkylation sites (tertiary alicyclic amines) is 1. The predicted molar refractivity (Wildman–Crippen MR) is 137 cm³/mol. The number of benzene rings is 2. The summed E-state index contributed by atoms with van der Waals surface area (Å²) >= 11 is 0. The molecule has 3 amide bonds. The number of fused-ring (bicyclic) bond motifs is 4. The first-order valence-electron chi connectivity index (χ1n) is 12.1. The highest BCUT2D eigenvalue weighted by molar-refractivity contribution is 5.95. The fourth-order valence-electron chi connectivity index (χ4n) is 5.17. The Bertz CT molecular complexity index is 1360. The summed E-state index contributed by atoms with van der Waals surface area (Å²) in [4.78, 5) is 51.9. The lowest BCUT2D eigenvalue weighted by Crippen LogP contribution is -2.50. The normalized spacial score (nSPS) is 18.2. The van der Waals surface area contributed by atoms with E-state index in [1.54, 1.807) is 39.8 Å². The van der Waals surface area contributed by atoms with Gasteiger partial charge in [0.25, 0.3) is 5.56 Å². The van der Waals surface area contributed by atoms with Gasteiger partial charge in [-0.1, -0.05) is 30.3 Å². The van der Waals surface area contributed by atoms with E-state index >= 15 is 0 Å². The highest BCUT2D eigenvalue weighted by Crippen LogP contribution is 2.35. The van der Waals surface area contributed by atoms with Gasteiger partial charge in [-0.05, 0) is 61.2 Å². The van der Waals surface area contributed by atoms with Gasteiger partial charge in [0.1, 0.15) is 5.69 Å². The zero-order valence-electron chi connectivity index (χ0n) is 20.1. The summed E-state index contributed by atoms with van der Waals surface area (Å²) in [6, 6.07) is 19.6. The molecule has 0 spiro atoms. The third kappa shape index (κ3) is 4.93. The second-order valence-electron chi connectivity index (χ2n) is 9.57. The number of rotatable bonds is 5. The van der Waals surface area contributed by atoms with Gasteiger partial charge in [-0.2, -0.15) is 0 Å². The highest BCUT2D eigenvalue weighted by Gasteiger charge is 2.36. The maximum atomic E-state index is 13.2. The first-order chi connectivity index (χ1) is 17.4. The van der Waals surface area contributed by atoms with Crippen LogP contribution in [-0.4, -0.2) is 40.3 Å². The molecule has 0 aliphatic carbocycles. The average molecular weight is 485 g/mol. The van der Waals surface area contributed by atoms with E-state index in [0.29, 0.717) is 30.9 Å². The van der Waals surface area contributed by atoms with Crippen LogP contribution in [0.5, 0.6) is 0 Å². The molecule has 2 N–H and O–H groups in total. The van der Waals surface area contributed by atoms with E-state index < -0.39 is 0 Å². The van der Waals surface area contributed by atoms with Crippen molar-refractivity contribution < 1.29 is 14.4 Å². The lowest BCUT2D eigenvalue weighted by molar-refractivity contribution is -0.115. The molecule has 36 heavy (non-hydrogen) atoms. The minimum Gasteiger partial charge on any atom is -0.324 e. The van der Waals surface area contributed by atoms with Crippen molar-refractivity contribution in [2.24, 2.45) is 5.92 Å². The standard InChI is InChI=1S/C28H28N4O4/c1-18(33)21-7-9-23(10-8-21)29-28(36)31-15-20-13-22(17-31)25-12-11-24(27(35)32(25)16-20)30-26(34)14-19-5-3-2-4-6-19/h2-12,20,22H,13-17H2,1H3,(H,29,36)(H,30,34)/t20-,22+/m0/s1. The number of hydrogen-bond donors (Lipinski definition) is 2. The molecule has 2 atom stereocenters. The number of nitrogens with zero attached hydrogens (tertiary/aromatic N) is 2. The summed E-state index contributed by atoms with van der Waals surface area (Å²) in [5.74, 6) is -0.0567. The Morgan fingerprint density at radius 1 is 0.889 bits per heavy atom. The Balaban J connectivity index is 1.27. The largest absolute Gasteiger partial charge is 0.324 e. The van der Waals surface area contributed by atoms with Crippen LogP contribution < -0.4 is 16.2 Å². The van der Waals surface area contributed by atoms with Crippen molar-refractivity contribution >= 4 is 29.1 Å². The van der Waals surface area contributed by atoms with Crippen LogP contribution in [0.25, 0.3) is 0 Å². The van der Waals surface area contributed by atoms with Gasteiger partial charge in [-0.3, -0.25) is 14.4 Å². The van der Waals surface area contributed by atoms with Crippen LogP contribution >= 0.6 is 0 Å². The summed E-state index contributed by atoms with van der Waals surface area (Å²) in [6.45, 7) is 3.06. The lowest BCUT2D eigenvalue weighted by Gasteiger charge is -2.42. The number of anilines is 2. The molecule has 0 unspecified atom stereocenters. The van der Waals surface area contributed by atoms with Crippen molar-refractivity contribution in [2.75, 3.05) is 23.7 Å². The van der Waals surface area contributed by atoms with E-state index in [1.165, 1.54) is 6.92 Å². The molecule has 2 aliphatic rings. The molecule has 0 radical (unpaired) electrons. The zero-order valence-corrected chi connectivity index (χ0v) is 20.1. The Morgan fingerprint density at radius 2 is 1.64 bits per heavy atom. The van der Waals surface area contributed by atoms with E-state index in [0.717, 1.165) is 17.7 Å². The molecule has 3 aromatic rings. The molecule has 8 nitrogen and oxygen atoms in total. The third-order valence-electron chi connectivity index (χ3n) is 6.92. The Labute approximate surface area is 208 Å². The monoisotopic (exact) mass is 484 g/mol. The molecule has 0 saturated carbocycles. The maximum absolute atomic E-state index is 13.2. The predicted octanol–water partition coefficient (Wildman–Crippen LogP) is 3.88. The van der Waals surface area contributed by atoms with Gasteiger partial charge in [-0.25, -0.2) is 4.79 Å². The molecule has 3 heterocycles. The van der Waals surface area contributed by atoms with Gasteiger partial charge in [0.2, 0.25) is 5.91 Å². The number of nitrogens with one attached hydrogen (secondary N) is 2. The van der Waals surface area contributed by atoms with Gasteiger partial charge in [0.15, 0.2) is 5.78 Å². The molecule has 1 aromatic heterocycles. The van der Waals surface area contributed by atoms with Crippen molar-refractivity contribution in [3.63, 3.8) is 0 Å². The van der Waals surface area contributed by atoms with Crippen LogP contribution in [0, 0.1) is 5.92 Å². The number of urea groups is 1. The lowest BCUT2D eigenvalue weighted by atomic mass is 9.83. The molecule has 184 valence electrons. The summed E-state index contributed by atoms with van der Waals surface area (Å²) in [6.07, 6.45) is 1.12. The number of pyridine rings is 1. The first kappa shape index (κ1) is 23.5. The zero-order chi connectivity index (χ0) is 25.2. The van der Waals surface area contributed by atoms with Gasteiger partial charge < -0.3 is 20.1 Å². The Kier molecular flexibility index (Phi) is 6.41. The minimum absolute atomic E-state index is 0.0236. The Hall–Kier alpha value is -4.20. The number of carbonyl (C=O) groups excluding carboxylic acids is 3. The highest BCUT2D eigenvalue weighted by atomic mass is 16.2. The van der Waals surface area contributed by atoms with Crippen molar-refractivity contribution in [3.05, 3.63) is 93.9 Å². The van der Waals surface area contributed by atoms with Crippen LogP contribution in [0.3, 0.4) is 0 Å². The number of piperidine rings is 1. The van der Waals surface area contributed by atoms with Crippen LogP contribution in [0.1, 0.15) is 40.9 Å². The topological polar surface area (TPSA) is 101 Å². The smallest absolute Gasteiger partial charge is 0.321 e. The molecule has 2 aromatic carbocycles. The van der Waals surface area contributed by atoms with Crippen molar-refractivity contribution in [1.82, 2.24) is 9.47 Å². The maximum Gasteiger partial charge on any atom is 0.321 e. The van der Waals surface area contributed by atoms with Crippen molar-refractivity contribution in [3.8, 4) is 0 Å². The second kappa shape index (κ2) is 9.81. The summed E-state index contributed by atoms with van der Waals surface area (Å²) in [5.41, 5.74) is 3.08. The second-order valence-corrected chi connectivity index (χ2v) is 9.57. The first-order valence-corrected chi connectivity index (χ1v) is 12.1. The third-order valence-corrected chi connectivity index (χ3v) is 6.92. The van der Waals surface area contributed by atoms with E-state index in [2.05, 4.69) is 10.6 Å². The summed E-state index contributed by atoms with van der Waals surface area (Å²) < 4.78 is 1.76. The fourth-order valence-corrected chi connectivity index (χ4v) is 5.17. The number of Topliss-reactive ketones (excluding diaryl/α,β-unsaturated/α-hetero) is 1. The van der Waals surface area contributed by atoms with Gasteiger partial charge in [-0.15, -0.1) is 0 Å².